The summed E-state index contributed by atoms with van der Waals surface area (Å²) >= 11 is 1.57. The number of thioether (sulfide) groups is 1. The summed E-state index contributed by atoms with van der Waals surface area (Å²) in [4.78, 5) is 37.1. The number of carbonyl (C=O) groups is 2. The molecule has 1 N–H and O–H groups in total. The fourth-order valence-electron chi connectivity index (χ4n) is 3.79. The first kappa shape index (κ1) is 21.2. The van der Waals surface area contributed by atoms with Gasteiger partial charge in [-0.05, 0) is 73.1 Å². The second kappa shape index (κ2) is 9.43. The number of nitrogens with one attached hydrogen (secondary N) is 1. The molecule has 0 aliphatic heterocycles. The smallest absolute Gasteiger partial charge is 0.336 e. The number of hydrogen-bond donors (Lipinski definition) is 1. The number of benzene rings is 1. The summed E-state index contributed by atoms with van der Waals surface area (Å²) in [5.74, 6) is -0.240. The lowest BCUT2D eigenvalue weighted by molar-refractivity contribution is -0.147. The molecule has 3 aromatic rings. The van der Waals surface area contributed by atoms with Crippen LogP contribution in [0.2, 0.25) is 0 Å². The number of rotatable bonds is 8. The van der Waals surface area contributed by atoms with Crippen molar-refractivity contribution in [2.75, 3.05) is 12.0 Å². The first-order chi connectivity index (χ1) is 15.0. The molecule has 4 rings (SSSR count). The third kappa shape index (κ3) is 4.85. The lowest BCUT2D eigenvalue weighted by Gasteiger charge is -2.17. The van der Waals surface area contributed by atoms with Crippen molar-refractivity contribution in [3.8, 4) is 0 Å². The first-order valence-electron chi connectivity index (χ1n) is 10.1. The number of aryl methyl sites for hydroxylation is 2. The quantitative estimate of drug-likeness (QED) is 0.422. The maximum atomic E-state index is 12.8. The highest BCUT2D eigenvalue weighted by molar-refractivity contribution is 7.98. The van der Waals surface area contributed by atoms with E-state index in [0.717, 1.165) is 24.6 Å². The molecule has 0 spiro atoms. The summed E-state index contributed by atoms with van der Waals surface area (Å²) < 4.78 is 16.0. The van der Waals surface area contributed by atoms with E-state index in [9.17, 15) is 14.4 Å². The van der Waals surface area contributed by atoms with Crippen LogP contribution in [0.4, 0.5) is 0 Å². The van der Waals surface area contributed by atoms with E-state index in [4.69, 9.17) is 13.6 Å². The van der Waals surface area contributed by atoms with E-state index >= 15 is 0 Å². The third-order valence-corrected chi connectivity index (χ3v) is 6.00. The van der Waals surface area contributed by atoms with Crippen molar-refractivity contribution in [2.45, 2.75) is 38.3 Å². The topological polar surface area (TPSA) is 98.8 Å². The summed E-state index contributed by atoms with van der Waals surface area (Å²) in [7, 11) is 0. The predicted molar refractivity (Wildman–Crippen MR) is 117 cm³/mol. The molecule has 0 radical (unpaired) electrons. The monoisotopic (exact) mass is 441 g/mol. The van der Waals surface area contributed by atoms with Crippen LogP contribution in [0.15, 0.2) is 50.2 Å². The molecular formula is C23H23NO6S. The molecule has 31 heavy (non-hydrogen) atoms. The van der Waals surface area contributed by atoms with Crippen LogP contribution in [-0.4, -0.2) is 29.9 Å². The van der Waals surface area contributed by atoms with Crippen LogP contribution in [0.5, 0.6) is 0 Å². The molecule has 1 amide bonds. The van der Waals surface area contributed by atoms with Crippen molar-refractivity contribution in [2.24, 2.45) is 0 Å². The van der Waals surface area contributed by atoms with Crippen LogP contribution >= 0.6 is 11.8 Å². The third-order valence-electron chi connectivity index (χ3n) is 5.36. The largest absolute Gasteiger partial charge is 0.459 e. The molecule has 0 saturated heterocycles. The number of amides is 1. The zero-order valence-corrected chi connectivity index (χ0v) is 18.0. The molecule has 1 aliphatic rings. The molecule has 8 heteroatoms. The highest BCUT2D eigenvalue weighted by atomic mass is 32.2. The summed E-state index contributed by atoms with van der Waals surface area (Å²) in [5.41, 5.74) is 3.04. The second-order valence-electron chi connectivity index (χ2n) is 7.45. The highest BCUT2D eigenvalue weighted by Gasteiger charge is 2.24. The van der Waals surface area contributed by atoms with E-state index in [1.165, 1.54) is 29.5 Å². The Balaban J connectivity index is 1.51. The Morgan fingerprint density at radius 3 is 2.77 bits per heavy atom. The summed E-state index contributed by atoms with van der Waals surface area (Å²) in [5, 5.41) is 3.44. The second-order valence-corrected chi connectivity index (χ2v) is 8.44. The number of fused-ring (bicyclic) bond motifs is 2. The fourth-order valence-corrected chi connectivity index (χ4v) is 4.26. The molecule has 1 unspecified atom stereocenters. The van der Waals surface area contributed by atoms with E-state index in [1.54, 1.807) is 17.8 Å². The van der Waals surface area contributed by atoms with Crippen molar-refractivity contribution >= 4 is 34.6 Å². The Hall–Kier alpha value is -3.00. The SMILES string of the molecule is CSCCC(NC(=O)c1ccco1)C(=O)OCc1cc(=O)oc2cc3c(cc12)CCC3. The average Bonchev–Trinajstić information content (AvgIpc) is 3.44. The maximum Gasteiger partial charge on any atom is 0.336 e. The minimum atomic E-state index is -0.819. The molecule has 1 aromatic carbocycles. The van der Waals surface area contributed by atoms with Crippen molar-refractivity contribution in [1.82, 2.24) is 5.32 Å². The fraction of sp³-hybridized carbons (Fsp3) is 0.348. The van der Waals surface area contributed by atoms with Gasteiger partial charge in [-0.3, -0.25) is 4.79 Å². The van der Waals surface area contributed by atoms with Crippen LogP contribution in [-0.2, 0) is 29.0 Å². The van der Waals surface area contributed by atoms with Crippen molar-refractivity contribution in [3.05, 3.63) is 69.5 Å². The van der Waals surface area contributed by atoms with Gasteiger partial charge in [0.25, 0.3) is 5.91 Å². The molecule has 1 atom stereocenters. The Morgan fingerprint density at radius 1 is 1.23 bits per heavy atom. The van der Waals surface area contributed by atoms with Gasteiger partial charge in [0.05, 0.1) is 6.26 Å². The van der Waals surface area contributed by atoms with Gasteiger partial charge < -0.3 is 18.9 Å². The van der Waals surface area contributed by atoms with Crippen molar-refractivity contribution in [1.29, 1.82) is 0 Å². The molecule has 2 aromatic heterocycles. The van der Waals surface area contributed by atoms with Gasteiger partial charge in [-0.25, -0.2) is 9.59 Å². The van der Waals surface area contributed by atoms with Crippen LogP contribution in [0.1, 0.15) is 40.1 Å². The molecule has 0 fully saturated rings. The molecule has 0 bridgehead atoms. The van der Waals surface area contributed by atoms with Gasteiger partial charge in [0.1, 0.15) is 18.2 Å². The van der Waals surface area contributed by atoms with Crippen molar-refractivity contribution < 1.29 is 23.2 Å². The lowest BCUT2D eigenvalue weighted by atomic mass is 10.0. The van der Waals surface area contributed by atoms with Crippen LogP contribution in [0.3, 0.4) is 0 Å². The average molecular weight is 442 g/mol. The van der Waals surface area contributed by atoms with E-state index in [1.807, 2.05) is 18.4 Å². The predicted octanol–water partition coefficient (Wildman–Crippen LogP) is 3.47. The minimum Gasteiger partial charge on any atom is -0.459 e. The minimum absolute atomic E-state index is 0.0773. The number of esters is 1. The van der Waals surface area contributed by atoms with E-state index in [0.29, 0.717) is 23.3 Å². The number of carbonyl (C=O) groups excluding carboxylic acids is 2. The normalized spacial score (nSPS) is 13.7. The van der Waals surface area contributed by atoms with Gasteiger partial charge in [0, 0.05) is 17.0 Å². The summed E-state index contributed by atoms with van der Waals surface area (Å²) in [6.07, 6.45) is 6.77. The molecule has 1 aliphatic carbocycles. The van der Waals surface area contributed by atoms with Crippen molar-refractivity contribution in [3.63, 3.8) is 0 Å². The first-order valence-corrected chi connectivity index (χ1v) is 11.5. The van der Waals surface area contributed by atoms with E-state index < -0.39 is 23.5 Å². The highest BCUT2D eigenvalue weighted by Crippen LogP contribution is 2.28. The Kier molecular flexibility index (Phi) is 6.46. The zero-order chi connectivity index (χ0) is 21.8. The molecule has 0 saturated carbocycles. The van der Waals surface area contributed by atoms with E-state index in [-0.39, 0.29) is 12.4 Å². The van der Waals surface area contributed by atoms with Gasteiger partial charge in [0.15, 0.2) is 5.76 Å². The summed E-state index contributed by atoms with van der Waals surface area (Å²) in [6, 6.07) is 7.60. The van der Waals surface area contributed by atoms with E-state index in [2.05, 4.69) is 5.32 Å². The maximum absolute atomic E-state index is 12.8. The number of hydrogen-bond acceptors (Lipinski definition) is 7. The summed E-state index contributed by atoms with van der Waals surface area (Å²) in [6.45, 7) is -0.0773. The Labute approximate surface area is 183 Å². The number of ether oxygens (including phenoxy) is 1. The van der Waals surface area contributed by atoms with Crippen LogP contribution in [0.25, 0.3) is 11.0 Å². The number of furan rings is 1. The van der Waals surface area contributed by atoms with Gasteiger partial charge in [-0.1, -0.05) is 0 Å². The van der Waals surface area contributed by atoms with Gasteiger partial charge in [0.2, 0.25) is 0 Å². The van der Waals surface area contributed by atoms with Crippen LogP contribution < -0.4 is 10.9 Å². The Bertz CT molecular complexity index is 1150. The molecular weight excluding hydrogens is 418 g/mol. The zero-order valence-electron chi connectivity index (χ0n) is 17.1. The van der Waals surface area contributed by atoms with Gasteiger partial charge >= 0.3 is 11.6 Å². The van der Waals surface area contributed by atoms with Crippen LogP contribution in [0, 0.1) is 0 Å². The molecule has 162 valence electrons. The Morgan fingerprint density at radius 2 is 2.03 bits per heavy atom. The van der Waals surface area contributed by atoms with Gasteiger partial charge in [-0.15, -0.1) is 0 Å². The molecule has 7 nitrogen and oxygen atoms in total. The lowest BCUT2D eigenvalue weighted by Crippen LogP contribution is -2.42. The molecule has 2 heterocycles. The standard InChI is InChI=1S/C23H23NO6S/c1-31-9-7-18(24-22(26)19-6-3-8-28-19)23(27)29-13-16-12-21(25)30-20-11-15-5-2-4-14(15)10-17(16)20/h3,6,8,10-12,18H,2,4-5,7,9,13H2,1H3,(H,24,26). The van der Waals surface area contributed by atoms with Gasteiger partial charge in [-0.2, -0.15) is 11.8 Å².